The van der Waals surface area contributed by atoms with Crippen molar-refractivity contribution in [2.24, 2.45) is 0 Å². The van der Waals surface area contributed by atoms with Crippen molar-refractivity contribution in [1.29, 1.82) is 0 Å². The first-order chi connectivity index (χ1) is 10.4. The van der Waals surface area contributed by atoms with Crippen LogP contribution in [0.15, 0.2) is 12.1 Å². The van der Waals surface area contributed by atoms with Gasteiger partial charge in [-0.3, -0.25) is 4.79 Å². The summed E-state index contributed by atoms with van der Waals surface area (Å²) in [6.45, 7) is 6.32. The molecular formula is C15H19F3N2O3. The highest BCUT2D eigenvalue weighted by Gasteiger charge is 2.33. The quantitative estimate of drug-likeness (QED) is 0.859. The summed E-state index contributed by atoms with van der Waals surface area (Å²) in [5.74, 6) is -0.558. The van der Waals surface area contributed by atoms with Crippen LogP contribution < -0.4 is 5.32 Å². The molecule has 1 amide bonds. The first-order valence-electron chi connectivity index (χ1n) is 6.94. The molecule has 1 aromatic rings. The number of amides is 1. The normalized spacial score (nSPS) is 12.0. The maximum atomic E-state index is 12.8. The van der Waals surface area contributed by atoms with E-state index in [2.05, 4.69) is 10.3 Å². The number of alkyl carbamates (subject to hydrolysis) is 1. The SMILES string of the molecule is CC(=O)c1cc(CCNC(=O)OC(C)(C)C)cc(C(F)(F)F)n1. The lowest BCUT2D eigenvalue weighted by molar-refractivity contribution is -0.141. The van der Waals surface area contributed by atoms with Crippen molar-refractivity contribution in [2.75, 3.05) is 6.54 Å². The molecule has 1 heterocycles. The average molecular weight is 332 g/mol. The number of hydrogen-bond acceptors (Lipinski definition) is 4. The van der Waals surface area contributed by atoms with Crippen molar-refractivity contribution >= 4 is 11.9 Å². The van der Waals surface area contributed by atoms with Gasteiger partial charge in [-0.15, -0.1) is 0 Å². The molecule has 0 aliphatic carbocycles. The molecule has 1 rings (SSSR count). The molecule has 0 aliphatic heterocycles. The second kappa shape index (κ2) is 6.97. The number of rotatable bonds is 4. The van der Waals surface area contributed by atoms with Crippen molar-refractivity contribution in [3.8, 4) is 0 Å². The van der Waals surface area contributed by atoms with Crippen LogP contribution in [0.25, 0.3) is 0 Å². The van der Waals surface area contributed by atoms with Crippen molar-refractivity contribution in [3.63, 3.8) is 0 Å². The van der Waals surface area contributed by atoms with Crippen LogP contribution in [0.5, 0.6) is 0 Å². The van der Waals surface area contributed by atoms with E-state index in [0.717, 1.165) is 13.0 Å². The Balaban J connectivity index is 2.78. The molecule has 0 atom stereocenters. The summed E-state index contributed by atoms with van der Waals surface area (Å²) in [4.78, 5) is 26.1. The molecule has 23 heavy (non-hydrogen) atoms. The van der Waals surface area contributed by atoms with Gasteiger partial charge in [0.05, 0.1) is 0 Å². The highest BCUT2D eigenvalue weighted by atomic mass is 19.4. The van der Waals surface area contributed by atoms with Crippen LogP contribution in [0.1, 0.15) is 49.4 Å². The van der Waals surface area contributed by atoms with Crippen molar-refractivity contribution < 1.29 is 27.5 Å². The minimum absolute atomic E-state index is 0.0770. The van der Waals surface area contributed by atoms with E-state index in [1.54, 1.807) is 20.8 Å². The monoisotopic (exact) mass is 332 g/mol. The van der Waals surface area contributed by atoms with Crippen molar-refractivity contribution in [1.82, 2.24) is 10.3 Å². The lowest BCUT2D eigenvalue weighted by Crippen LogP contribution is -2.33. The number of pyridine rings is 1. The van der Waals surface area contributed by atoms with Gasteiger partial charge in [-0.05, 0) is 44.9 Å². The number of nitrogens with zero attached hydrogens (tertiary/aromatic N) is 1. The minimum Gasteiger partial charge on any atom is -0.444 e. The topological polar surface area (TPSA) is 68.3 Å². The largest absolute Gasteiger partial charge is 0.444 e. The van der Waals surface area contributed by atoms with Gasteiger partial charge in [0.15, 0.2) is 5.78 Å². The van der Waals surface area contributed by atoms with E-state index in [9.17, 15) is 22.8 Å². The number of nitrogens with one attached hydrogen (secondary N) is 1. The number of halogens is 3. The van der Waals surface area contributed by atoms with Crippen LogP contribution >= 0.6 is 0 Å². The predicted octanol–water partition coefficient (Wildman–Crippen LogP) is 3.37. The van der Waals surface area contributed by atoms with Gasteiger partial charge < -0.3 is 10.1 Å². The fraction of sp³-hybridized carbons (Fsp3) is 0.533. The smallest absolute Gasteiger partial charge is 0.433 e. The summed E-state index contributed by atoms with van der Waals surface area (Å²) in [5.41, 5.74) is -1.79. The van der Waals surface area contributed by atoms with Crippen LogP contribution in [-0.2, 0) is 17.3 Å². The van der Waals surface area contributed by atoms with Gasteiger partial charge in [0.2, 0.25) is 0 Å². The molecule has 0 fully saturated rings. The molecular weight excluding hydrogens is 313 g/mol. The second-order valence-corrected chi connectivity index (χ2v) is 5.98. The Hall–Kier alpha value is -2.12. The number of carbonyl (C=O) groups is 2. The van der Waals surface area contributed by atoms with E-state index in [1.165, 1.54) is 6.07 Å². The number of ether oxygens (including phenoxy) is 1. The lowest BCUT2D eigenvalue weighted by atomic mass is 10.1. The third-order valence-corrected chi connectivity index (χ3v) is 2.62. The third-order valence-electron chi connectivity index (χ3n) is 2.62. The third kappa shape index (κ3) is 6.66. The van der Waals surface area contributed by atoms with Gasteiger partial charge in [-0.1, -0.05) is 0 Å². The number of carbonyl (C=O) groups excluding carboxylic acids is 2. The zero-order valence-corrected chi connectivity index (χ0v) is 13.4. The summed E-state index contributed by atoms with van der Waals surface area (Å²) in [7, 11) is 0. The minimum atomic E-state index is -4.64. The second-order valence-electron chi connectivity index (χ2n) is 5.98. The highest BCUT2D eigenvalue weighted by Crippen LogP contribution is 2.28. The highest BCUT2D eigenvalue weighted by molar-refractivity contribution is 5.92. The molecule has 5 nitrogen and oxygen atoms in total. The Kier molecular flexibility index (Phi) is 5.74. The maximum Gasteiger partial charge on any atom is 0.433 e. The Labute approximate surface area is 132 Å². The molecule has 0 saturated carbocycles. The molecule has 0 spiro atoms. The van der Waals surface area contributed by atoms with E-state index in [-0.39, 0.29) is 24.2 Å². The van der Waals surface area contributed by atoms with Gasteiger partial charge in [0, 0.05) is 13.5 Å². The number of Topliss-reactive ketones (excluding diaryl/α,β-unsaturated/α-hetero) is 1. The molecule has 0 bridgehead atoms. The van der Waals surface area contributed by atoms with Gasteiger partial charge in [0.25, 0.3) is 0 Å². The van der Waals surface area contributed by atoms with E-state index in [1.807, 2.05) is 0 Å². The molecule has 0 unspecified atom stereocenters. The maximum absolute atomic E-state index is 12.8. The zero-order valence-electron chi connectivity index (χ0n) is 13.4. The number of alkyl halides is 3. The summed E-state index contributed by atoms with van der Waals surface area (Å²) in [6, 6.07) is 2.15. The molecule has 0 aromatic carbocycles. The fourth-order valence-corrected chi connectivity index (χ4v) is 1.68. The van der Waals surface area contributed by atoms with Crippen molar-refractivity contribution in [3.05, 3.63) is 29.1 Å². The Morgan fingerprint density at radius 2 is 1.83 bits per heavy atom. The molecule has 8 heteroatoms. The summed E-state index contributed by atoms with van der Waals surface area (Å²) >= 11 is 0. The molecule has 0 saturated heterocycles. The van der Waals surface area contributed by atoms with Crippen LogP contribution in [-0.4, -0.2) is 29.0 Å². The molecule has 128 valence electrons. The zero-order chi connectivity index (χ0) is 17.8. The molecule has 0 radical (unpaired) electrons. The van der Waals surface area contributed by atoms with Crippen LogP contribution in [0.3, 0.4) is 0 Å². The Morgan fingerprint density at radius 1 is 1.22 bits per heavy atom. The fourth-order valence-electron chi connectivity index (χ4n) is 1.68. The number of aromatic nitrogens is 1. The van der Waals surface area contributed by atoms with Gasteiger partial charge in [-0.25, -0.2) is 9.78 Å². The van der Waals surface area contributed by atoms with Crippen LogP contribution in [0.2, 0.25) is 0 Å². The van der Waals surface area contributed by atoms with Gasteiger partial charge >= 0.3 is 12.3 Å². The van der Waals surface area contributed by atoms with Crippen molar-refractivity contribution in [2.45, 2.75) is 45.9 Å². The Morgan fingerprint density at radius 3 is 2.30 bits per heavy atom. The van der Waals surface area contributed by atoms with Gasteiger partial charge in [0.1, 0.15) is 17.0 Å². The summed E-state index contributed by atoms with van der Waals surface area (Å²) in [6.07, 6.45) is -5.18. The Bertz CT molecular complexity index is 593. The predicted molar refractivity (Wildman–Crippen MR) is 77.2 cm³/mol. The first kappa shape index (κ1) is 18.9. The molecule has 0 aliphatic rings. The van der Waals surface area contributed by atoms with Crippen LogP contribution in [0.4, 0.5) is 18.0 Å². The summed E-state index contributed by atoms with van der Waals surface area (Å²) < 4.78 is 43.4. The lowest BCUT2D eigenvalue weighted by Gasteiger charge is -2.19. The van der Waals surface area contributed by atoms with E-state index in [0.29, 0.717) is 0 Å². The molecule has 1 aromatic heterocycles. The summed E-state index contributed by atoms with van der Waals surface area (Å²) in [5, 5.41) is 2.45. The van der Waals surface area contributed by atoms with Crippen LogP contribution in [0, 0.1) is 0 Å². The first-order valence-corrected chi connectivity index (χ1v) is 6.94. The van der Waals surface area contributed by atoms with Gasteiger partial charge in [-0.2, -0.15) is 13.2 Å². The van der Waals surface area contributed by atoms with E-state index < -0.39 is 29.3 Å². The number of ketones is 1. The molecule has 1 N–H and O–H groups in total. The number of hydrogen-bond donors (Lipinski definition) is 1. The standard InChI is InChI=1S/C15H19F3N2O3/c1-9(21)11-7-10(8-12(20-11)15(16,17)18)5-6-19-13(22)23-14(2,3)4/h7-8H,5-6H2,1-4H3,(H,19,22). The van der Waals surface area contributed by atoms with E-state index in [4.69, 9.17) is 4.74 Å². The average Bonchev–Trinajstić information content (AvgIpc) is 2.35. The van der Waals surface area contributed by atoms with E-state index >= 15 is 0 Å².